The maximum Gasteiger partial charge on any atom is 0.241 e. The number of amides is 1. The normalized spacial score (nSPS) is 16.7. The minimum absolute atomic E-state index is 0.230. The molecule has 2 rings (SSSR count). The number of sulfone groups is 1. The van der Waals surface area contributed by atoms with E-state index in [9.17, 15) is 13.2 Å². The van der Waals surface area contributed by atoms with Crippen molar-refractivity contribution in [3.8, 4) is 0 Å². The van der Waals surface area contributed by atoms with Crippen LogP contribution in [0.5, 0.6) is 0 Å². The molecule has 0 unspecified atom stereocenters. The molecule has 1 aromatic carbocycles. The zero-order valence-corrected chi connectivity index (χ0v) is 15.8. The summed E-state index contributed by atoms with van der Waals surface area (Å²) in [5, 5.41) is 5.94. The van der Waals surface area contributed by atoms with Gasteiger partial charge in [0.15, 0.2) is 14.6 Å². The fourth-order valence-electron chi connectivity index (χ4n) is 3.23. The van der Waals surface area contributed by atoms with Crippen LogP contribution in [0.4, 0.5) is 0 Å². The van der Waals surface area contributed by atoms with Crippen LogP contribution in [-0.2, 0) is 19.4 Å². The van der Waals surface area contributed by atoms with Gasteiger partial charge in [0.2, 0.25) is 5.91 Å². The summed E-state index contributed by atoms with van der Waals surface area (Å²) >= 11 is 0. The van der Waals surface area contributed by atoms with Crippen molar-refractivity contribution >= 4 is 15.7 Å². The van der Waals surface area contributed by atoms with E-state index in [2.05, 4.69) is 10.6 Å². The molecule has 0 heterocycles. The van der Waals surface area contributed by atoms with Crippen LogP contribution in [0.25, 0.3) is 0 Å². The molecule has 0 bridgehead atoms. The molecule has 0 atom stereocenters. The van der Waals surface area contributed by atoms with Gasteiger partial charge < -0.3 is 15.4 Å². The first-order valence-corrected chi connectivity index (χ1v) is 10.2. The molecular formula is C18H28N2O4S. The van der Waals surface area contributed by atoms with E-state index < -0.39 is 14.6 Å². The Morgan fingerprint density at radius 1 is 1.12 bits per heavy atom. The van der Waals surface area contributed by atoms with E-state index >= 15 is 0 Å². The van der Waals surface area contributed by atoms with E-state index in [1.807, 2.05) is 6.92 Å². The number of hydrogen-bond donors (Lipinski definition) is 2. The zero-order chi connectivity index (χ0) is 18.3. The van der Waals surface area contributed by atoms with Gasteiger partial charge in [-0.15, -0.1) is 0 Å². The maximum absolute atomic E-state index is 13.2. The molecule has 1 fully saturated rings. The molecule has 1 saturated carbocycles. The highest BCUT2D eigenvalue weighted by Crippen LogP contribution is 2.40. The third-order valence-corrected chi connectivity index (χ3v) is 7.26. The van der Waals surface area contributed by atoms with E-state index in [0.29, 0.717) is 39.1 Å². The summed E-state index contributed by atoms with van der Waals surface area (Å²) in [5.41, 5.74) is 0.992. The van der Waals surface area contributed by atoms with Gasteiger partial charge in [0.05, 0.1) is 11.5 Å². The van der Waals surface area contributed by atoms with Crippen LogP contribution in [0.3, 0.4) is 0 Å². The zero-order valence-electron chi connectivity index (χ0n) is 15.0. The molecule has 6 nitrogen and oxygen atoms in total. The fourth-order valence-corrected chi connectivity index (χ4v) is 5.32. The van der Waals surface area contributed by atoms with Crippen molar-refractivity contribution in [2.75, 3.05) is 33.4 Å². The Morgan fingerprint density at radius 3 is 2.36 bits per heavy atom. The summed E-state index contributed by atoms with van der Waals surface area (Å²) in [5.74, 6) is -0.376. The van der Waals surface area contributed by atoms with Crippen molar-refractivity contribution in [1.82, 2.24) is 10.6 Å². The van der Waals surface area contributed by atoms with Crippen LogP contribution in [0.15, 0.2) is 29.2 Å². The molecule has 2 N–H and O–H groups in total. The van der Waals surface area contributed by atoms with Crippen molar-refractivity contribution in [1.29, 1.82) is 0 Å². The third kappa shape index (κ3) is 4.40. The lowest BCUT2D eigenvalue weighted by atomic mass is 10.1. The lowest BCUT2D eigenvalue weighted by Crippen LogP contribution is -2.51. The molecule has 0 spiro atoms. The maximum atomic E-state index is 13.2. The number of benzene rings is 1. The second-order valence-corrected chi connectivity index (χ2v) is 8.78. The van der Waals surface area contributed by atoms with Gasteiger partial charge in [0.1, 0.15) is 0 Å². The highest BCUT2D eigenvalue weighted by Gasteiger charge is 2.52. The SMILES string of the molecule is COCCNCCNC(=O)C1(S(=O)(=O)c2ccc(C)cc2)CCCC1. The average Bonchev–Trinajstić information content (AvgIpc) is 3.10. The molecule has 140 valence electrons. The van der Waals surface area contributed by atoms with Crippen LogP contribution in [0, 0.1) is 6.92 Å². The number of carbonyl (C=O) groups is 1. The molecular weight excluding hydrogens is 340 g/mol. The molecule has 1 amide bonds. The van der Waals surface area contributed by atoms with E-state index in [0.717, 1.165) is 18.4 Å². The van der Waals surface area contributed by atoms with Crippen molar-refractivity contribution in [2.45, 2.75) is 42.2 Å². The number of carbonyl (C=O) groups excluding carboxylic acids is 1. The standard InChI is InChI=1S/C18H28N2O4S/c1-15-5-7-16(8-6-15)25(22,23)18(9-3-4-10-18)17(21)20-12-11-19-13-14-24-2/h5-8,19H,3-4,9-14H2,1-2H3,(H,20,21). The van der Waals surface area contributed by atoms with Gasteiger partial charge in [0, 0.05) is 26.7 Å². The lowest BCUT2D eigenvalue weighted by molar-refractivity contribution is -0.123. The van der Waals surface area contributed by atoms with Crippen molar-refractivity contribution in [3.05, 3.63) is 29.8 Å². The Balaban J connectivity index is 2.09. The first-order valence-electron chi connectivity index (χ1n) is 8.73. The Bertz CT molecular complexity index is 665. The number of ether oxygens (including phenoxy) is 1. The predicted molar refractivity (Wildman–Crippen MR) is 97.3 cm³/mol. The first kappa shape index (κ1) is 19.9. The van der Waals surface area contributed by atoms with Crippen molar-refractivity contribution in [3.63, 3.8) is 0 Å². The molecule has 7 heteroatoms. The second-order valence-electron chi connectivity index (χ2n) is 6.52. The number of methoxy groups -OCH3 is 1. The Morgan fingerprint density at radius 2 is 1.76 bits per heavy atom. The molecule has 1 aliphatic rings. The van der Waals surface area contributed by atoms with Crippen LogP contribution in [0.2, 0.25) is 0 Å². The van der Waals surface area contributed by atoms with Gasteiger partial charge in [0.25, 0.3) is 0 Å². The monoisotopic (exact) mass is 368 g/mol. The Kier molecular flexibility index (Phi) is 6.98. The van der Waals surface area contributed by atoms with Crippen LogP contribution < -0.4 is 10.6 Å². The van der Waals surface area contributed by atoms with Gasteiger partial charge in [-0.1, -0.05) is 30.5 Å². The molecule has 25 heavy (non-hydrogen) atoms. The van der Waals surface area contributed by atoms with Gasteiger partial charge in [-0.05, 0) is 31.9 Å². The molecule has 1 aromatic rings. The molecule has 0 saturated heterocycles. The minimum Gasteiger partial charge on any atom is -0.383 e. The molecule has 0 radical (unpaired) electrons. The predicted octanol–water partition coefficient (Wildman–Crippen LogP) is 1.43. The number of nitrogens with one attached hydrogen (secondary N) is 2. The third-order valence-electron chi connectivity index (χ3n) is 4.74. The summed E-state index contributed by atoms with van der Waals surface area (Å²) in [6.07, 6.45) is 2.27. The molecule has 0 aliphatic heterocycles. The Labute approximate surface area is 150 Å². The van der Waals surface area contributed by atoms with E-state index in [1.165, 1.54) is 0 Å². The summed E-state index contributed by atoms with van der Waals surface area (Å²) in [7, 11) is -2.09. The lowest BCUT2D eigenvalue weighted by Gasteiger charge is -2.27. The fraction of sp³-hybridized carbons (Fsp3) is 0.611. The molecule has 1 aliphatic carbocycles. The average molecular weight is 368 g/mol. The van der Waals surface area contributed by atoms with Gasteiger partial charge in [-0.25, -0.2) is 8.42 Å². The summed E-state index contributed by atoms with van der Waals surface area (Å²) in [6.45, 7) is 4.17. The smallest absolute Gasteiger partial charge is 0.241 e. The number of aryl methyl sites for hydroxylation is 1. The largest absolute Gasteiger partial charge is 0.383 e. The van der Waals surface area contributed by atoms with Crippen LogP contribution in [0.1, 0.15) is 31.2 Å². The number of rotatable bonds is 9. The topological polar surface area (TPSA) is 84.5 Å². The van der Waals surface area contributed by atoms with Crippen LogP contribution in [-0.4, -0.2) is 52.4 Å². The van der Waals surface area contributed by atoms with E-state index in [4.69, 9.17) is 4.74 Å². The second kappa shape index (κ2) is 8.78. The van der Waals surface area contributed by atoms with E-state index in [-0.39, 0.29) is 10.8 Å². The van der Waals surface area contributed by atoms with Crippen molar-refractivity contribution < 1.29 is 17.9 Å². The van der Waals surface area contributed by atoms with Gasteiger partial charge >= 0.3 is 0 Å². The van der Waals surface area contributed by atoms with Crippen LogP contribution >= 0.6 is 0 Å². The Hall–Kier alpha value is -1.44. The summed E-state index contributed by atoms with van der Waals surface area (Å²) < 4.78 is 30.0. The van der Waals surface area contributed by atoms with Crippen molar-refractivity contribution in [2.24, 2.45) is 0 Å². The number of hydrogen-bond acceptors (Lipinski definition) is 5. The minimum atomic E-state index is -3.72. The summed E-state index contributed by atoms with van der Waals surface area (Å²) in [4.78, 5) is 13.0. The molecule has 0 aromatic heterocycles. The van der Waals surface area contributed by atoms with Gasteiger partial charge in [-0.2, -0.15) is 0 Å². The van der Waals surface area contributed by atoms with Gasteiger partial charge in [-0.3, -0.25) is 4.79 Å². The summed E-state index contributed by atoms with van der Waals surface area (Å²) in [6, 6.07) is 6.75. The highest BCUT2D eigenvalue weighted by atomic mass is 32.2. The van der Waals surface area contributed by atoms with E-state index in [1.54, 1.807) is 31.4 Å². The quantitative estimate of drug-likeness (QED) is 0.644. The first-order chi connectivity index (χ1) is 11.9. The highest BCUT2D eigenvalue weighted by molar-refractivity contribution is 7.93.